The summed E-state index contributed by atoms with van der Waals surface area (Å²) in [6.45, 7) is 0. The van der Waals surface area contributed by atoms with Gasteiger partial charge in [0.1, 0.15) is 9.84 Å². The van der Waals surface area contributed by atoms with Crippen LogP contribution >= 0.6 is 27.5 Å². The second-order valence-corrected chi connectivity index (χ2v) is 7.19. The summed E-state index contributed by atoms with van der Waals surface area (Å²) in [5, 5.41) is 10.1. The SMILES string of the molecule is CS(=O)(=O)CC(O)Cc1ccc(Br)cc1Cl. The molecule has 0 aromatic heterocycles. The van der Waals surface area contributed by atoms with Crippen molar-refractivity contribution in [2.24, 2.45) is 0 Å². The maximum atomic E-state index is 11.0. The zero-order valence-electron chi connectivity index (χ0n) is 8.65. The van der Waals surface area contributed by atoms with E-state index in [9.17, 15) is 13.5 Å². The minimum absolute atomic E-state index is 0.235. The highest BCUT2D eigenvalue weighted by Gasteiger charge is 2.14. The van der Waals surface area contributed by atoms with Gasteiger partial charge >= 0.3 is 0 Å². The molecule has 1 unspecified atom stereocenters. The zero-order valence-corrected chi connectivity index (χ0v) is 11.8. The van der Waals surface area contributed by atoms with Gasteiger partial charge in [-0.3, -0.25) is 0 Å². The summed E-state index contributed by atoms with van der Waals surface area (Å²) in [6.07, 6.45) is 0.409. The van der Waals surface area contributed by atoms with E-state index >= 15 is 0 Å². The fourth-order valence-corrected chi connectivity index (χ4v) is 2.92. The quantitative estimate of drug-likeness (QED) is 0.921. The Morgan fingerprint density at radius 3 is 2.62 bits per heavy atom. The first-order valence-electron chi connectivity index (χ1n) is 4.57. The van der Waals surface area contributed by atoms with Gasteiger partial charge in [0.15, 0.2) is 0 Å². The molecule has 0 saturated carbocycles. The molecule has 16 heavy (non-hydrogen) atoms. The second-order valence-electron chi connectivity index (χ2n) is 3.69. The molecular weight excluding hydrogens is 316 g/mol. The molecule has 0 aliphatic rings. The summed E-state index contributed by atoms with van der Waals surface area (Å²) in [6, 6.07) is 5.27. The largest absolute Gasteiger partial charge is 0.392 e. The molecule has 0 amide bonds. The Hall–Kier alpha value is -0.100. The van der Waals surface area contributed by atoms with Crippen LogP contribution in [0.25, 0.3) is 0 Å². The van der Waals surface area contributed by atoms with Crippen molar-refractivity contribution in [3.8, 4) is 0 Å². The molecule has 0 aliphatic carbocycles. The molecule has 0 spiro atoms. The van der Waals surface area contributed by atoms with E-state index in [2.05, 4.69) is 15.9 Å². The van der Waals surface area contributed by atoms with Crippen molar-refractivity contribution in [1.29, 1.82) is 0 Å². The van der Waals surface area contributed by atoms with Gasteiger partial charge < -0.3 is 5.11 Å². The van der Waals surface area contributed by atoms with Crippen molar-refractivity contribution < 1.29 is 13.5 Å². The van der Waals surface area contributed by atoms with Crippen LogP contribution in [0.3, 0.4) is 0 Å². The number of halogens is 2. The molecule has 1 N–H and O–H groups in total. The third kappa shape index (κ3) is 4.82. The van der Waals surface area contributed by atoms with Gasteiger partial charge in [0.25, 0.3) is 0 Å². The summed E-state index contributed by atoms with van der Waals surface area (Å²) >= 11 is 9.22. The van der Waals surface area contributed by atoms with Crippen LogP contribution in [0, 0.1) is 0 Å². The number of benzene rings is 1. The van der Waals surface area contributed by atoms with Gasteiger partial charge in [-0.1, -0.05) is 33.6 Å². The van der Waals surface area contributed by atoms with E-state index in [-0.39, 0.29) is 12.2 Å². The number of hydrogen-bond acceptors (Lipinski definition) is 3. The Labute approximate surface area is 108 Å². The molecule has 0 saturated heterocycles. The molecule has 0 heterocycles. The number of aliphatic hydroxyl groups is 1. The van der Waals surface area contributed by atoms with Gasteiger partial charge in [0.2, 0.25) is 0 Å². The number of hydrogen-bond donors (Lipinski definition) is 1. The van der Waals surface area contributed by atoms with Crippen LogP contribution in [-0.4, -0.2) is 31.6 Å². The number of sulfone groups is 1. The molecule has 1 rings (SSSR count). The lowest BCUT2D eigenvalue weighted by Gasteiger charge is -2.10. The van der Waals surface area contributed by atoms with E-state index in [1.807, 2.05) is 0 Å². The summed E-state index contributed by atoms with van der Waals surface area (Å²) in [5.74, 6) is -0.251. The highest BCUT2D eigenvalue weighted by molar-refractivity contribution is 9.10. The van der Waals surface area contributed by atoms with Crippen molar-refractivity contribution >= 4 is 37.4 Å². The second kappa shape index (κ2) is 5.49. The van der Waals surface area contributed by atoms with Gasteiger partial charge in [-0.15, -0.1) is 0 Å². The monoisotopic (exact) mass is 326 g/mol. The molecule has 0 aliphatic heterocycles. The van der Waals surface area contributed by atoms with Gasteiger partial charge in [0.05, 0.1) is 11.9 Å². The van der Waals surface area contributed by atoms with Crippen LogP contribution in [0.15, 0.2) is 22.7 Å². The minimum atomic E-state index is -3.17. The van der Waals surface area contributed by atoms with Crippen LogP contribution in [0.5, 0.6) is 0 Å². The summed E-state index contributed by atoms with van der Waals surface area (Å²) in [4.78, 5) is 0. The molecule has 1 atom stereocenters. The lowest BCUT2D eigenvalue weighted by Crippen LogP contribution is -2.22. The third-order valence-corrected chi connectivity index (χ3v) is 3.80. The van der Waals surface area contributed by atoms with Gasteiger partial charge in [0, 0.05) is 22.2 Å². The predicted octanol–water partition coefficient (Wildman–Crippen LogP) is 2.05. The van der Waals surface area contributed by atoms with Gasteiger partial charge in [-0.05, 0) is 17.7 Å². The minimum Gasteiger partial charge on any atom is -0.392 e. The van der Waals surface area contributed by atoms with E-state index < -0.39 is 15.9 Å². The Morgan fingerprint density at radius 1 is 1.50 bits per heavy atom. The van der Waals surface area contributed by atoms with E-state index in [1.165, 1.54) is 0 Å². The summed E-state index contributed by atoms with van der Waals surface area (Å²) < 4.78 is 22.8. The van der Waals surface area contributed by atoms with Crippen molar-refractivity contribution in [1.82, 2.24) is 0 Å². The smallest absolute Gasteiger partial charge is 0.150 e. The summed E-state index contributed by atoms with van der Waals surface area (Å²) in [7, 11) is -3.17. The Morgan fingerprint density at radius 2 is 2.12 bits per heavy atom. The normalized spacial score (nSPS) is 13.8. The average Bonchev–Trinajstić information content (AvgIpc) is 2.06. The molecule has 0 fully saturated rings. The fourth-order valence-electron chi connectivity index (χ4n) is 1.35. The Balaban J connectivity index is 2.73. The molecule has 0 radical (unpaired) electrons. The van der Waals surface area contributed by atoms with E-state index in [0.29, 0.717) is 5.02 Å². The van der Waals surface area contributed by atoms with Gasteiger partial charge in [-0.25, -0.2) is 8.42 Å². The van der Waals surface area contributed by atoms with Crippen molar-refractivity contribution in [3.05, 3.63) is 33.3 Å². The fraction of sp³-hybridized carbons (Fsp3) is 0.400. The van der Waals surface area contributed by atoms with Crippen LogP contribution in [-0.2, 0) is 16.3 Å². The first-order valence-corrected chi connectivity index (χ1v) is 7.81. The van der Waals surface area contributed by atoms with Crippen molar-refractivity contribution in [3.63, 3.8) is 0 Å². The third-order valence-electron chi connectivity index (χ3n) is 1.97. The first-order chi connectivity index (χ1) is 7.28. The molecule has 6 heteroatoms. The van der Waals surface area contributed by atoms with Crippen LogP contribution < -0.4 is 0 Å². The van der Waals surface area contributed by atoms with Crippen molar-refractivity contribution in [2.75, 3.05) is 12.0 Å². The predicted molar refractivity (Wildman–Crippen MR) is 68.6 cm³/mol. The maximum Gasteiger partial charge on any atom is 0.150 e. The maximum absolute atomic E-state index is 11.0. The lowest BCUT2D eigenvalue weighted by molar-refractivity contribution is 0.198. The van der Waals surface area contributed by atoms with Crippen LogP contribution in [0.2, 0.25) is 5.02 Å². The van der Waals surface area contributed by atoms with Crippen molar-refractivity contribution in [2.45, 2.75) is 12.5 Å². The summed E-state index contributed by atoms with van der Waals surface area (Å²) in [5.41, 5.74) is 0.737. The van der Waals surface area contributed by atoms with Crippen LogP contribution in [0.1, 0.15) is 5.56 Å². The Kier molecular flexibility index (Phi) is 4.79. The molecular formula is C10H12BrClO3S. The Bertz CT molecular complexity index is 473. The highest BCUT2D eigenvalue weighted by atomic mass is 79.9. The van der Waals surface area contributed by atoms with E-state index in [0.717, 1.165) is 16.3 Å². The standard InChI is InChI=1S/C10H12BrClO3S/c1-16(14,15)6-9(13)4-7-2-3-8(11)5-10(7)12/h2-3,5,9,13H,4,6H2,1H3. The molecule has 1 aromatic rings. The topological polar surface area (TPSA) is 54.4 Å². The van der Waals surface area contributed by atoms with E-state index in [4.69, 9.17) is 11.6 Å². The first kappa shape index (κ1) is 14.0. The molecule has 90 valence electrons. The number of rotatable bonds is 4. The molecule has 3 nitrogen and oxygen atoms in total. The van der Waals surface area contributed by atoms with Crippen LogP contribution in [0.4, 0.5) is 0 Å². The molecule has 1 aromatic carbocycles. The number of aliphatic hydroxyl groups excluding tert-OH is 1. The highest BCUT2D eigenvalue weighted by Crippen LogP contribution is 2.22. The average molecular weight is 328 g/mol. The lowest BCUT2D eigenvalue weighted by atomic mass is 10.1. The van der Waals surface area contributed by atoms with Gasteiger partial charge in [-0.2, -0.15) is 0 Å². The zero-order chi connectivity index (χ0) is 12.3. The molecule has 0 bridgehead atoms. The van der Waals surface area contributed by atoms with E-state index in [1.54, 1.807) is 18.2 Å².